The molecule has 0 amide bonds. The molecule has 0 fully saturated rings. The molecule has 100 valence electrons. The number of benzene rings is 1. The lowest BCUT2D eigenvalue weighted by atomic mass is 10.2. The number of nitrogens with zero attached hydrogens (tertiary/aromatic N) is 3. The van der Waals surface area contributed by atoms with Crippen LogP contribution in [0.25, 0.3) is 0 Å². The molecule has 0 bridgehead atoms. The zero-order valence-corrected chi connectivity index (χ0v) is 11.7. The van der Waals surface area contributed by atoms with Gasteiger partial charge in [-0.05, 0) is 24.6 Å². The van der Waals surface area contributed by atoms with Crippen LogP contribution < -0.4 is 10.1 Å². The molecule has 0 aliphatic rings. The van der Waals surface area contributed by atoms with Crippen molar-refractivity contribution >= 4 is 29.2 Å². The quantitative estimate of drug-likeness (QED) is 0.918. The number of aromatic nitrogens is 3. The van der Waals surface area contributed by atoms with Crippen LogP contribution in [-0.2, 0) is 6.61 Å². The van der Waals surface area contributed by atoms with E-state index in [-0.39, 0.29) is 17.9 Å². The Morgan fingerprint density at radius 3 is 2.68 bits per heavy atom. The Kier molecular flexibility index (Phi) is 4.76. The minimum Gasteiger partial charge on any atom is -0.458 e. The minimum absolute atomic E-state index is 0.0834. The highest BCUT2D eigenvalue weighted by Gasteiger charge is 2.07. The van der Waals surface area contributed by atoms with Crippen LogP contribution in [0.4, 0.5) is 5.95 Å². The summed E-state index contributed by atoms with van der Waals surface area (Å²) in [4.78, 5) is 11.9. The van der Waals surface area contributed by atoms with Gasteiger partial charge in [-0.25, -0.2) is 0 Å². The lowest BCUT2D eigenvalue weighted by molar-refractivity contribution is 0.280. The van der Waals surface area contributed by atoms with E-state index in [0.717, 1.165) is 5.56 Å². The fourth-order valence-electron chi connectivity index (χ4n) is 1.39. The molecule has 0 aliphatic carbocycles. The number of anilines is 1. The Morgan fingerprint density at radius 2 is 1.95 bits per heavy atom. The molecule has 0 radical (unpaired) electrons. The van der Waals surface area contributed by atoms with E-state index in [1.165, 1.54) is 0 Å². The first kappa shape index (κ1) is 13.8. The fourth-order valence-corrected chi connectivity index (χ4v) is 1.73. The Labute approximate surface area is 121 Å². The average Bonchev–Trinajstić information content (AvgIpc) is 2.37. The number of hydrogen-bond acceptors (Lipinski definition) is 5. The average molecular weight is 299 g/mol. The molecule has 2 aromatic rings. The van der Waals surface area contributed by atoms with Crippen molar-refractivity contribution < 1.29 is 4.74 Å². The van der Waals surface area contributed by atoms with Gasteiger partial charge in [0, 0.05) is 17.1 Å². The van der Waals surface area contributed by atoms with E-state index in [1.54, 1.807) is 6.07 Å². The predicted molar refractivity (Wildman–Crippen MR) is 74.8 cm³/mol. The maximum atomic E-state index is 6.03. The summed E-state index contributed by atoms with van der Waals surface area (Å²) in [6, 6.07) is 7.57. The zero-order chi connectivity index (χ0) is 13.7. The third kappa shape index (κ3) is 3.94. The smallest absolute Gasteiger partial charge is 0.322 e. The van der Waals surface area contributed by atoms with Crippen LogP contribution >= 0.6 is 23.2 Å². The van der Waals surface area contributed by atoms with Gasteiger partial charge in [0.05, 0.1) is 0 Å². The number of hydrogen-bond donors (Lipinski definition) is 1. The van der Waals surface area contributed by atoms with Gasteiger partial charge in [0.2, 0.25) is 11.2 Å². The van der Waals surface area contributed by atoms with Crippen LogP contribution in [0.2, 0.25) is 10.3 Å². The van der Waals surface area contributed by atoms with Gasteiger partial charge in [-0.15, -0.1) is 0 Å². The van der Waals surface area contributed by atoms with Gasteiger partial charge in [0.1, 0.15) is 6.61 Å². The van der Waals surface area contributed by atoms with Gasteiger partial charge in [0.25, 0.3) is 0 Å². The van der Waals surface area contributed by atoms with Gasteiger partial charge < -0.3 is 10.1 Å². The first-order valence-electron chi connectivity index (χ1n) is 5.70. The Hall–Kier alpha value is -1.59. The number of ether oxygens (including phenoxy) is 1. The maximum Gasteiger partial charge on any atom is 0.322 e. The van der Waals surface area contributed by atoms with Crippen LogP contribution in [0.15, 0.2) is 24.3 Å². The van der Waals surface area contributed by atoms with E-state index in [1.807, 2.05) is 25.1 Å². The number of rotatable bonds is 5. The summed E-state index contributed by atoms with van der Waals surface area (Å²) in [5.41, 5.74) is 0.853. The minimum atomic E-state index is 0.0834. The summed E-state index contributed by atoms with van der Waals surface area (Å²) in [5.74, 6) is 0.386. The predicted octanol–water partition coefficient (Wildman–Crippen LogP) is 3.19. The molecule has 0 spiro atoms. The highest BCUT2D eigenvalue weighted by Crippen LogP contribution is 2.17. The Balaban J connectivity index is 2.09. The monoisotopic (exact) mass is 298 g/mol. The summed E-state index contributed by atoms with van der Waals surface area (Å²) in [7, 11) is 0. The van der Waals surface area contributed by atoms with Crippen molar-refractivity contribution in [3.05, 3.63) is 40.1 Å². The molecule has 0 unspecified atom stereocenters. The topological polar surface area (TPSA) is 59.9 Å². The molecule has 0 saturated heterocycles. The van der Waals surface area contributed by atoms with E-state index in [4.69, 9.17) is 27.9 Å². The second kappa shape index (κ2) is 6.54. The van der Waals surface area contributed by atoms with Crippen LogP contribution in [-0.4, -0.2) is 21.5 Å². The highest BCUT2D eigenvalue weighted by molar-refractivity contribution is 6.31. The van der Waals surface area contributed by atoms with Crippen molar-refractivity contribution in [2.45, 2.75) is 13.5 Å². The second-order valence-electron chi connectivity index (χ2n) is 3.62. The molecular weight excluding hydrogens is 287 g/mol. The lowest BCUT2D eigenvalue weighted by Gasteiger charge is -2.07. The molecule has 7 heteroatoms. The van der Waals surface area contributed by atoms with E-state index in [2.05, 4.69) is 20.3 Å². The van der Waals surface area contributed by atoms with Crippen LogP contribution in [0.3, 0.4) is 0 Å². The molecule has 1 aromatic heterocycles. The van der Waals surface area contributed by atoms with Gasteiger partial charge in [0.15, 0.2) is 0 Å². The maximum absolute atomic E-state index is 6.03. The third-order valence-electron chi connectivity index (χ3n) is 2.24. The van der Waals surface area contributed by atoms with E-state index < -0.39 is 0 Å². The Bertz CT molecular complexity index is 565. The van der Waals surface area contributed by atoms with Crippen molar-refractivity contribution in [1.82, 2.24) is 15.0 Å². The van der Waals surface area contributed by atoms with Crippen molar-refractivity contribution in [2.24, 2.45) is 0 Å². The highest BCUT2D eigenvalue weighted by atomic mass is 35.5. The molecule has 1 N–H and O–H groups in total. The molecule has 1 aromatic carbocycles. The summed E-state index contributed by atoms with van der Waals surface area (Å²) in [6.45, 7) is 2.89. The second-order valence-corrected chi connectivity index (χ2v) is 4.37. The molecule has 5 nitrogen and oxygen atoms in total. The summed E-state index contributed by atoms with van der Waals surface area (Å²) in [5, 5.41) is 3.66. The molecule has 1 heterocycles. The van der Waals surface area contributed by atoms with Crippen molar-refractivity contribution in [3.63, 3.8) is 0 Å². The van der Waals surface area contributed by atoms with Gasteiger partial charge in [-0.2, -0.15) is 15.0 Å². The SMILES string of the molecule is CCNc1nc(Cl)nc(OCc2ccccc2Cl)n1. The van der Waals surface area contributed by atoms with Gasteiger partial charge in [-0.3, -0.25) is 0 Å². The number of halogens is 2. The first-order valence-corrected chi connectivity index (χ1v) is 6.46. The van der Waals surface area contributed by atoms with Crippen molar-refractivity contribution in [2.75, 3.05) is 11.9 Å². The third-order valence-corrected chi connectivity index (χ3v) is 2.77. The molecular formula is C12H12Cl2N4O. The molecule has 0 saturated carbocycles. The number of nitrogens with one attached hydrogen (secondary N) is 1. The van der Waals surface area contributed by atoms with Gasteiger partial charge in [-0.1, -0.05) is 29.8 Å². The van der Waals surface area contributed by atoms with E-state index in [0.29, 0.717) is 17.5 Å². The summed E-state index contributed by atoms with van der Waals surface area (Å²) in [6.07, 6.45) is 0. The van der Waals surface area contributed by atoms with Crippen LogP contribution in [0.1, 0.15) is 12.5 Å². The lowest BCUT2D eigenvalue weighted by Crippen LogP contribution is -2.06. The van der Waals surface area contributed by atoms with Gasteiger partial charge >= 0.3 is 6.01 Å². The first-order chi connectivity index (χ1) is 9.19. The Morgan fingerprint density at radius 1 is 1.16 bits per heavy atom. The summed E-state index contributed by atoms with van der Waals surface area (Å²) >= 11 is 11.8. The van der Waals surface area contributed by atoms with E-state index in [9.17, 15) is 0 Å². The normalized spacial score (nSPS) is 10.3. The molecule has 0 aliphatic heterocycles. The van der Waals surface area contributed by atoms with Crippen LogP contribution in [0.5, 0.6) is 6.01 Å². The van der Waals surface area contributed by atoms with Crippen molar-refractivity contribution in [1.29, 1.82) is 0 Å². The van der Waals surface area contributed by atoms with E-state index >= 15 is 0 Å². The molecule has 2 rings (SSSR count). The summed E-state index contributed by atoms with van der Waals surface area (Å²) < 4.78 is 5.47. The van der Waals surface area contributed by atoms with Crippen LogP contribution in [0, 0.1) is 0 Å². The molecule has 0 atom stereocenters. The fraction of sp³-hybridized carbons (Fsp3) is 0.250. The standard InChI is InChI=1S/C12H12Cl2N4O/c1-2-15-11-16-10(14)17-12(18-11)19-7-8-5-3-4-6-9(8)13/h3-6H,2,7H2,1H3,(H,15,16,17,18). The largest absolute Gasteiger partial charge is 0.458 e. The van der Waals surface area contributed by atoms with Crippen molar-refractivity contribution in [3.8, 4) is 6.01 Å². The molecule has 19 heavy (non-hydrogen) atoms. The zero-order valence-electron chi connectivity index (χ0n) is 10.2.